The van der Waals surface area contributed by atoms with Gasteiger partial charge in [0.25, 0.3) is 5.91 Å². The minimum Gasteiger partial charge on any atom is -0.496 e. The predicted octanol–water partition coefficient (Wildman–Crippen LogP) is 2.96. The molecule has 1 aliphatic rings. The largest absolute Gasteiger partial charge is 0.496 e. The fourth-order valence-electron chi connectivity index (χ4n) is 1.97. The average molecular weight is 247 g/mol. The summed E-state index contributed by atoms with van der Waals surface area (Å²) in [4.78, 5) is 12.1. The number of ether oxygens (including phenoxy) is 1. The first-order chi connectivity index (χ1) is 8.61. The molecule has 0 radical (unpaired) electrons. The van der Waals surface area contributed by atoms with E-state index in [0.29, 0.717) is 29.7 Å². The van der Waals surface area contributed by atoms with Crippen molar-refractivity contribution in [3.63, 3.8) is 0 Å². The molecule has 0 unspecified atom stereocenters. The molecule has 1 N–H and O–H groups in total. The first kappa shape index (κ1) is 12.9. The van der Waals surface area contributed by atoms with E-state index >= 15 is 0 Å². The summed E-state index contributed by atoms with van der Waals surface area (Å²) in [6.45, 7) is 4.85. The molecule has 1 aromatic carbocycles. The SMILES string of the molecule is COc1ccc(C2CC2)cc1C(=O)NCC(C)C. The molecule has 3 heteroatoms. The van der Waals surface area contributed by atoms with Gasteiger partial charge in [-0.05, 0) is 42.4 Å². The summed E-state index contributed by atoms with van der Waals surface area (Å²) in [6, 6.07) is 5.94. The average Bonchev–Trinajstić information content (AvgIpc) is 3.19. The predicted molar refractivity (Wildman–Crippen MR) is 72.1 cm³/mol. The van der Waals surface area contributed by atoms with Crippen molar-refractivity contribution in [1.82, 2.24) is 5.32 Å². The maximum Gasteiger partial charge on any atom is 0.255 e. The molecule has 0 heterocycles. The number of amides is 1. The van der Waals surface area contributed by atoms with Gasteiger partial charge in [-0.15, -0.1) is 0 Å². The molecule has 1 fully saturated rings. The lowest BCUT2D eigenvalue weighted by Crippen LogP contribution is -2.27. The molecule has 1 amide bonds. The van der Waals surface area contributed by atoms with Crippen molar-refractivity contribution in [2.75, 3.05) is 13.7 Å². The van der Waals surface area contributed by atoms with Crippen molar-refractivity contribution in [3.05, 3.63) is 29.3 Å². The number of rotatable bonds is 5. The number of carbonyl (C=O) groups excluding carboxylic acids is 1. The molecule has 98 valence electrons. The second kappa shape index (κ2) is 5.42. The molecule has 0 atom stereocenters. The summed E-state index contributed by atoms with van der Waals surface area (Å²) in [5.74, 6) is 1.71. The second-order valence-corrected chi connectivity index (χ2v) is 5.34. The molecule has 1 saturated carbocycles. The van der Waals surface area contributed by atoms with E-state index in [2.05, 4.69) is 25.2 Å². The minimum atomic E-state index is -0.0388. The van der Waals surface area contributed by atoms with Gasteiger partial charge in [0, 0.05) is 6.54 Å². The van der Waals surface area contributed by atoms with Crippen molar-refractivity contribution in [2.24, 2.45) is 5.92 Å². The smallest absolute Gasteiger partial charge is 0.255 e. The lowest BCUT2D eigenvalue weighted by atomic mass is 10.1. The van der Waals surface area contributed by atoms with Crippen molar-refractivity contribution in [3.8, 4) is 5.75 Å². The zero-order valence-electron chi connectivity index (χ0n) is 11.3. The zero-order valence-corrected chi connectivity index (χ0v) is 11.3. The summed E-state index contributed by atoms with van der Waals surface area (Å²) in [7, 11) is 1.60. The van der Waals surface area contributed by atoms with Crippen LogP contribution < -0.4 is 10.1 Å². The van der Waals surface area contributed by atoms with Crippen LogP contribution in [0.25, 0.3) is 0 Å². The van der Waals surface area contributed by atoms with Gasteiger partial charge in [0.1, 0.15) is 5.75 Å². The van der Waals surface area contributed by atoms with E-state index < -0.39 is 0 Å². The van der Waals surface area contributed by atoms with E-state index in [0.717, 1.165) is 0 Å². The molecule has 2 rings (SSSR count). The van der Waals surface area contributed by atoms with Crippen molar-refractivity contribution >= 4 is 5.91 Å². The fraction of sp³-hybridized carbons (Fsp3) is 0.533. The molecule has 0 bridgehead atoms. The van der Waals surface area contributed by atoms with Crippen molar-refractivity contribution in [2.45, 2.75) is 32.6 Å². The zero-order chi connectivity index (χ0) is 13.1. The van der Waals surface area contributed by atoms with Crippen LogP contribution in [-0.2, 0) is 0 Å². The number of hydrogen-bond donors (Lipinski definition) is 1. The number of benzene rings is 1. The molecule has 0 aromatic heterocycles. The molecule has 1 aliphatic carbocycles. The minimum absolute atomic E-state index is 0.0388. The van der Waals surface area contributed by atoms with Crippen LogP contribution in [0.3, 0.4) is 0 Å². The topological polar surface area (TPSA) is 38.3 Å². The highest BCUT2D eigenvalue weighted by molar-refractivity contribution is 5.97. The van der Waals surface area contributed by atoms with E-state index in [1.165, 1.54) is 18.4 Å². The Hall–Kier alpha value is -1.51. The quantitative estimate of drug-likeness (QED) is 0.868. The van der Waals surface area contributed by atoms with Crippen molar-refractivity contribution in [1.29, 1.82) is 0 Å². The van der Waals surface area contributed by atoms with Gasteiger partial charge in [-0.1, -0.05) is 19.9 Å². The molecular formula is C15H21NO2. The van der Waals surface area contributed by atoms with Gasteiger partial charge < -0.3 is 10.1 Å². The van der Waals surface area contributed by atoms with Gasteiger partial charge in [0.2, 0.25) is 0 Å². The van der Waals surface area contributed by atoms with Crippen LogP contribution in [-0.4, -0.2) is 19.6 Å². The Morgan fingerprint density at radius 1 is 1.44 bits per heavy atom. The lowest BCUT2D eigenvalue weighted by Gasteiger charge is -2.12. The Balaban J connectivity index is 2.17. The van der Waals surface area contributed by atoms with Gasteiger partial charge in [-0.2, -0.15) is 0 Å². The Bertz CT molecular complexity index is 436. The maximum atomic E-state index is 12.1. The molecular weight excluding hydrogens is 226 g/mol. The van der Waals surface area contributed by atoms with E-state index in [1.807, 2.05) is 12.1 Å². The van der Waals surface area contributed by atoms with Gasteiger partial charge >= 0.3 is 0 Å². The van der Waals surface area contributed by atoms with Crippen LogP contribution in [0.5, 0.6) is 5.75 Å². The number of nitrogens with one attached hydrogen (secondary N) is 1. The normalized spacial score (nSPS) is 14.7. The number of methoxy groups -OCH3 is 1. The molecule has 1 aromatic rings. The van der Waals surface area contributed by atoms with E-state index in [9.17, 15) is 4.79 Å². The molecule has 0 spiro atoms. The van der Waals surface area contributed by atoms with Gasteiger partial charge in [0.15, 0.2) is 0 Å². The summed E-state index contributed by atoms with van der Waals surface area (Å²) in [5.41, 5.74) is 1.91. The summed E-state index contributed by atoms with van der Waals surface area (Å²) >= 11 is 0. The molecule has 18 heavy (non-hydrogen) atoms. The highest BCUT2D eigenvalue weighted by Gasteiger charge is 2.25. The van der Waals surface area contributed by atoms with E-state index in [4.69, 9.17) is 4.74 Å². The van der Waals surface area contributed by atoms with Gasteiger partial charge in [-0.25, -0.2) is 0 Å². The summed E-state index contributed by atoms with van der Waals surface area (Å²) in [5, 5.41) is 2.94. The molecule has 3 nitrogen and oxygen atoms in total. The Kier molecular flexibility index (Phi) is 3.90. The summed E-state index contributed by atoms with van der Waals surface area (Å²) < 4.78 is 5.27. The summed E-state index contributed by atoms with van der Waals surface area (Å²) in [6.07, 6.45) is 2.47. The second-order valence-electron chi connectivity index (χ2n) is 5.34. The Morgan fingerprint density at radius 2 is 2.17 bits per heavy atom. The van der Waals surface area contributed by atoms with Crippen LogP contribution in [0.2, 0.25) is 0 Å². The third-order valence-electron chi connectivity index (χ3n) is 3.19. The highest BCUT2D eigenvalue weighted by Crippen LogP contribution is 2.41. The van der Waals surface area contributed by atoms with Gasteiger partial charge in [0.05, 0.1) is 12.7 Å². The Morgan fingerprint density at radius 3 is 2.72 bits per heavy atom. The number of hydrogen-bond acceptors (Lipinski definition) is 2. The van der Waals surface area contributed by atoms with Crippen LogP contribution in [0, 0.1) is 5.92 Å². The standard InChI is InChI=1S/C15H21NO2/c1-10(2)9-16-15(17)13-8-12(11-4-5-11)6-7-14(13)18-3/h6-8,10-11H,4-5,9H2,1-3H3,(H,16,17). The lowest BCUT2D eigenvalue weighted by molar-refractivity contribution is 0.0946. The number of carbonyl (C=O) groups is 1. The maximum absolute atomic E-state index is 12.1. The van der Waals surface area contributed by atoms with Crippen LogP contribution in [0.1, 0.15) is 48.5 Å². The fourth-order valence-corrected chi connectivity index (χ4v) is 1.97. The van der Waals surface area contributed by atoms with Crippen LogP contribution in [0.4, 0.5) is 0 Å². The first-order valence-corrected chi connectivity index (χ1v) is 6.58. The van der Waals surface area contributed by atoms with Crippen molar-refractivity contribution < 1.29 is 9.53 Å². The highest BCUT2D eigenvalue weighted by atomic mass is 16.5. The molecule has 0 saturated heterocycles. The monoisotopic (exact) mass is 247 g/mol. The van der Waals surface area contributed by atoms with Crippen LogP contribution in [0.15, 0.2) is 18.2 Å². The third kappa shape index (κ3) is 3.03. The van der Waals surface area contributed by atoms with E-state index in [-0.39, 0.29) is 5.91 Å². The van der Waals surface area contributed by atoms with Gasteiger partial charge in [-0.3, -0.25) is 4.79 Å². The Labute approximate surface area is 109 Å². The third-order valence-corrected chi connectivity index (χ3v) is 3.19. The van der Waals surface area contributed by atoms with Crippen LogP contribution >= 0.6 is 0 Å². The molecule has 0 aliphatic heterocycles. The first-order valence-electron chi connectivity index (χ1n) is 6.58. The van der Waals surface area contributed by atoms with E-state index in [1.54, 1.807) is 7.11 Å².